The Morgan fingerprint density at radius 1 is 1.21 bits per heavy atom. The molecule has 0 bridgehead atoms. The fraction of sp³-hybridized carbons (Fsp3) is 0.800. The van der Waals surface area contributed by atoms with Crippen molar-refractivity contribution in [2.75, 3.05) is 13.7 Å². The molecule has 0 N–H and O–H groups in total. The number of esters is 1. The van der Waals surface area contributed by atoms with E-state index in [1.807, 2.05) is 27.7 Å². The zero-order valence-electron chi connectivity index (χ0n) is 9.53. The molecule has 0 aliphatic heterocycles. The molecule has 0 saturated carbocycles. The van der Waals surface area contributed by atoms with Crippen LogP contribution in [0.2, 0.25) is 0 Å². The van der Waals surface area contributed by atoms with Crippen molar-refractivity contribution in [3.63, 3.8) is 0 Å². The fourth-order valence-corrected chi connectivity index (χ4v) is 1.05. The summed E-state index contributed by atoms with van der Waals surface area (Å²) in [6, 6.07) is 0.0176. The summed E-state index contributed by atoms with van der Waals surface area (Å²) in [5, 5.41) is 0. The second-order valence-electron chi connectivity index (χ2n) is 3.79. The lowest BCUT2D eigenvalue weighted by atomic mass is 10.1. The van der Waals surface area contributed by atoms with Gasteiger partial charge in [-0.15, -0.1) is 0 Å². The van der Waals surface area contributed by atoms with E-state index >= 15 is 0 Å². The number of carbonyl (C=O) groups is 2. The molecule has 0 saturated heterocycles. The van der Waals surface area contributed by atoms with E-state index in [-0.39, 0.29) is 30.4 Å². The molecule has 4 nitrogen and oxygen atoms in total. The molecule has 0 spiro atoms. The summed E-state index contributed by atoms with van der Waals surface area (Å²) >= 11 is 0. The van der Waals surface area contributed by atoms with Gasteiger partial charge in [-0.25, -0.2) is 0 Å². The Balaban J connectivity index is 4.45. The molecule has 0 unspecified atom stereocenters. The highest BCUT2D eigenvalue weighted by Crippen LogP contribution is 2.06. The van der Waals surface area contributed by atoms with Gasteiger partial charge in [0.25, 0.3) is 0 Å². The lowest BCUT2D eigenvalue weighted by Crippen LogP contribution is -2.43. The van der Waals surface area contributed by atoms with Crippen LogP contribution in [0.25, 0.3) is 0 Å². The summed E-state index contributed by atoms with van der Waals surface area (Å²) in [6.07, 6.45) is 0. The Hall–Kier alpha value is -1.06. The largest absolute Gasteiger partial charge is 0.468 e. The lowest BCUT2D eigenvalue weighted by molar-refractivity contribution is -0.149. The van der Waals surface area contributed by atoms with E-state index in [0.29, 0.717) is 0 Å². The molecule has 0 rings (SSSR count). The summed E-state index contributed by atoms with van der Waals surface area (Å²) in [6.45, 7) is 7.42. The van der Waals surface area contributed by atoms with Crippen LogP contribution in [-0.2, 0) is 14.3 Å². The zero-order chi connectivity index (χ0) is 11.3. The van der Waals surface area contributed by atoms with Gasteiger partial charge in [0.2, 0.25) is 5.91 Å². The number of nitrogens with zero attached hydrogens (tertiary/aromatic N) is 1. The summed E-state index contributed by atoms with van der Waals surface area (Å²) in [4.78, 5) is 24.2. The van der Waals surface area contributed by atoms with Crippen LogP contribution in [0.3, 0.4) is 0 Å². The maximum absolute atomic E-state index is 11.7. The summed E-state index contributed by atoms with van der Waals surface area (Å²) in [7, 11) is 1.32. The van der Waals surface area contributed by atoms with Gasteiger partial charge in [-0.3, -0.25) is 9.59 Å². The van der Waals surface area contributed by atoms with Crippen LogP contribution in [-0.4, -0.2) is 36.5 Å². The van der Waals surface area contributed by atoms with Gasteiger partial charge in [-0.1, -0.05) is 13.8 Å². The molecule has 0 aliphatic rings. The van der Waals surface area contributed by atoms with Crippen molar-refractivity contribution >= 4 is 11.9 Å². The van der Waals surface area contributed by atoms with Gasteiger partial charge >= 0.3 is 5.97 Å². The molecule has 4 heteroatoms. The number of hydrogen-bond acceptors (Lipinski definition) is 3. The predicted octanol–water partition coefficient (Wildman–Crippen LogP) is 1.05. The van der Waals surface area contributed by atoms with E-state index in [1.54, 1.807) is 0 Å². The van der Waals surface area contributed by atoms with Crippen molar-refractivity contribution < 1.29 is 14.3 Å². The molecule has 0 aromatic rings. The van der Waals surface area contributed by atoms with E-state index in [0.717, 1.165) is 0 Å². The highest BCUT2D eigenvalue weighted by atomic mass is 16.5. The minimum absolute atomic E-state index is 0.0176. The van der Waals surface area contributed by atoms with Crippen LogP contribution in [0.15, 0.2) is 0 Å². The first-order valence-corrected chi connectivity index (χ1v) is 4.77. The minimum atomic E-state index is -0.382. The maximum atomic E-state index is 11.7. The van der Waals surface area contributed by atoms with E-state index < -0.39 is 0 Å². The second kappa shape index (κ2) is 5.62. The van der Waals surface area contributed by atoms with E-state index in [9.17, 15) is 9.59 Å². The Morgan fingerprint density at radius 2 is 1.71 bits per heavy atom. The molecular formula is C10H19NO3. The Kier molecular flexibility index (Phi) is 5.20. The number of hydrogen-bond donors (Lipinski definition) is 0. The third kappa shape index (κ3) is 3.77. The van der Waals surface area contributed by atoms with Crippen LogP contribution in [0.4, 0.5) is 0 Å². The number of amides is 1. The lowest BCUT2D eigenvalue weighted by Gasteiger charge is -2.27. The Morgan fingerprint density at radius 3 is 2.00 bits per heavy atom. The molecular weight excluding hydrogens is 182 g/mol. The van der Waals surface area contributed by atoms with Crippen LogP contribution in [0.1, 0.15) is 27.7 Å². The monoisotopic (exact) mass is 201 g/mol. The molecule has 0 heterocycles. The molecule has 14 heavy (non-hydrogen) atoms. The SMILES string of the molecule is COC(=O)CN(C(=O)C(C)C)C(C)C. The third-order valence-electron chi connectivity index (χ3n) is 1.93. The van der Waals surface area contributed by atoms with Gasteiger partial charge in [-0.2, -0.15) is 0 Å². The topological polar surface area (TPSA) is 46.6 Å². The molecule has 0 aromatic heterocycles. The van der Waals surface area contributed by atoms with Gasteiger partial charge in [0.1, 0.15) is 6.54 Å². The van der Waals surface area contributed by atoms with Gasteiger partial charge in [0.05, 0.1) is 7.11 Å². The first-order valence-electron chi connectivity index (χ1n) is 4.77. The highest BCUT2D eigenvalue weighted by molar-refractivity contribution is 5.83. The average molecular weight is 201 g/mol. The van der Waals surface area contributed by atoms with Crippen molar-refractivity contribution in [2.24, 2.45) is 5.92 Å². The van der Waals surface area contributed by atoms with Gasteiger partial charge in [0.15, 0.2) is 0 Å². The summed E-state index contributed by atoms with van der Waals surface area (Å²) in [5.41, 5.74) is 0. The zero-order valence-corrected chi connectivity index (χ0v) is 9.53. The highest BCUT2D eigenvalue weighted by Gasteiger charge is 2.22. The molecule has 0 aromatic carbocycles. The van der Waals surface area contributed by atoms with E-state index in [4.69, 9.17) is 0 Å². The number of ether oxygens (including phenoxy) is 1. The summed E-state index contributed by atoms with van der Waals surface area (Å²) < 4.78 is 4.53. The second-order valence-corrected chi connectivity index (χ2v) is 3.79. The van der Waals surface area contributed by atoms with Gasteiger partial charge in [-0.05, 0) is 13.8 Å². The van der Waals surface area contributed by atoms with Crippen molar-refractivity contribution in [2.45, 2.75) is 33.7 Å². The van der Waals surface area contributed by atoms with Crippen LogP contribution < -0.4 is 0 Å². The Labute approximate surface area is 85.2 Å². The number of methoxy groups -OCH3 is 1. The fourth-order valence-electron chi connectivity index (χ4n) is 1.05. The average Bonchev–Trinajstić information content (AvgIpc) is 2.11. The van der Waals surface area contributed by atoms with Crippen LogP contribution >= 0.6 is 0 Å². The summed E-state index contributed by atoms with van der Waals surface area (Å²) in [5.74, 6) is -0.500. The Bertz CT molecular complexity index is 211. The molecule has 82 valence electrons. The van der Waals surface area contributed by atoms with Crippen molar-refractivity contribution in [3.8, 4) is 0 Å². The molecule has 0 fully saturated rings. The number of carbonyl (C=O) groups excluding carboxylic acids is 2. The van der Waals surface area contributed by atoms with E-state index in [2.05, 4.69) is 4.74 Å². The predicted molar refractivity (Wildman–Crippen MR) is 53.7 cm³/mol. The third-order valence-corrected chi connectivity index (χ3v) is 1.93. The molecule has 1 amide bonds. The van der Waals surface area contributed by atoms with Crippen molar-refractivity contribution in [3.05, 3.63) is 0 Å². The van der Waals surface area contributed by atoms with E-state index in [1.165, 1.54) is 12.0 Å². The number of rotatable bonds is 4. The molecule has 0 aliphatic carbocycles. The van der Waals surface area contributed by atoms with Crippen LogP contribution in [0, 0.1) is 5.92 Å². The van der Waals surface area contributed by atoms with Crippen LogP contribution in [0.5, 0.6) is 0 Å². The van der Waals surface area contributed by atoms with Crippen molar-refractivity contribution in [1.29, 1.82) is 0 Å². The minimum Gasteiger partial charge on any atom is -0.468 e. The van der Waals surface area contributed by atoms with Gasteiger partial charge in [0, 0.05) is 12.0 Å². The maximum Gasteiger partial charge on any atom is 0.325 e. The quantitative estimate of drug-likeness (QED) is 0.639. The first-order chi connectivity index (χ1) is 6.40. The normalized spacial score (nSPS) is 10.5. The smallest absolute Gasteiger partial charge is 0.325 e. The van der Waals surface area contributed by atoms with Crippen molar-refractivity contribution in [1.82, 2.24) is 4.90 Å². The molecule has 0 atom stereocenters. The molecule has 0 radical (unpaired) electrons. The standard InChI is InChI=1S/C10H19NO3/c1-7(2)10(13)11(8(3)4)6-9(12)14-5/h7-8H,6H2,1-5H3. The first kappa shape index (κ1) is 12.9. The van der Waals surface area contributed by atoms with Gasteiger partial charge < -0.3 is 9.64 Å².